The fourth-order valence-corrected chi connectivity index (χ4v) is 2.83. The van der Waals surface area contributed by atoms with E-state index in [1.54, 1.807) is 14.1 Å². The van der Waals surface area contributed by atoms with Crippen LogP contribution in [0.2, 0.25) is 0 Å². The van der Waals surface area contributed by atoms with Gasteiger partial charge < -0.3 is 4.90 Å². The molecule has 0 radical (unpaired) electrons. The van der Waals surface area contributed by atoms with Gasteiger partial charge in [0.1, 0.15) is 0 Å². The SMILES string of the molecule is CN(C)C(=O)c1ccc(S(=O)(=O)NC2CC2)cc1. The molecule has 1 aliphatic carbocycles. The maximum atomic E-state index is 11.9. The van der Waals surface area contributed by atoms with Gasteiger partial charge >= 0.3 is 0 Å². The Bertz CT molecular complexity index is 545. The topological polar surface area (TPSA) is 66.5 Å². The summed E-state index contributed by atoms with van der Waals surface area (Å²) in [5.41, 5.74) is 0.477. The molecule has 0 bridgehead atoms. The third kappa shape index (κ3) is 2.88. The predicted molar refractivity (Wildman–Crippen MR) is 67.8 cm³/mol. The summed E-state index contributed by atoms with van der Waals surface area (Å²) in [6, 6.07) is 6.06. The van der Waals surface area contributed by atoms with Crippen molar-refractivity contribution in [1.82, 2.24) is 9.62 Å². The molecular weight excluding hydrogens is 252 g/mol. The zero-order valence-corrected chi connectivity index (χ0v) is 11.2. The fraction of sp³-hybridized carbons (Fsp3) is 0.417. The van der Waals surface area contributed by atoms with E-state index in [0.717, 1.165) is 12.8 Å². The molecule has 1 amide bonds. The smallest absolute Gasteiger partial charge is 0.253 e. The van der Waals surface area contributed by atoms with Crippen LogP contribution < -0.4 is 4.72 Å². The molecule has 2 rings (SSSR count). The number of carbonyl (C=O) groups excluding carboxylic acids is 1. The van der Waals surface area contributed by atoms with Crippen LogP contribution in [0.4, 0.5) is 0 Å². The molecule has 1 aromatic rings. The van der Waals surface area contributed by atoms with Crippen LogP contribution in [0.25, 0.3) is 0 Å². The Morgan fingerprint density at radius 3 is 2.22 bits per heavy atom. The van der Waals surface area contributed by atoms with E-state index in [2.05, 4.69) is 4.72 Å². The van der Waals surface area contributed by atoms with Crippen molar-refractivity contribution in [2.24, 2.45) is 0 Å². The van der Waals surface area contributed by atoms with Crippen LogP contribution >= 0.6 is 0 Å². The standard InChI is InChI=1S/C12H16N2O3S/c1-14(2)12(15)9-3-7-11(8-4-9)18(16,17)13-10-5-6-10/h3-4,7-8,10,13H,5-6H2,1-2H3. The molecular formula is C12H16N2O3S. The van der Waals surface area contributed by atoms with Crippen molar-refractivity contribution >= 4 is 15.9 Å². The minimum Gasteiger partial charge on any atom is -0.345 e. The zero-order valence-electron chi connectivity index (χ0n) is 10.4. The molecule has 1 aromatic carbocycles. The van der Waals surface area contributed by atoms with E-state index in [9.17, 15) is 13.2 Å². The Balaban J connectivity index is 2.19. The van der Waals surface area contributed by atoms with Crippen LogP contribution in [0.3, 0.4) is 0 Å². The van der Waals surface area contributed by atoms with Crippen molar-refractivity contribution in [3.05, 3.63) is 29.8 Å². The van der Waals surface area contributed by atoms with Crippen molar-refractivity contribution in [2.75, 3.05) is 14.1 Å². The van der Waals surface area contributed by atoms with Crippen molar-refractivity contribution in [3.63, 3.8) is 0 Å². The Morgan fingerprint density at radius 2 is 1.78 bits per heavy atom. The molecule has 1 aliphatic rings. The van der Waals surface area contributed by atoms with E-state index in [0.29, 0.717) is 5.56 Å². The zero-order chi connectivity index (χ0) is 13.3. The summed E-state index contributed by atoms with van der Waals surface area (Å²) >= 11 is 0. The molecule has 98 valence electrons. The number of hydrogen-bond acceptors (Lipinski definition) is 3. The highest BCUT2D eigenvalue weighted by molar-refractivity contribution is 7.89. The van der Waals surface area contributed by atoms with Gasteiger partial charge in [0.2, 0.25) is 10.0 Å². The molecule has 0 heterocycles. The average molecular weight is 268 g/mol. The van der Waals surface area contributed by atoms with Gasteiger partial charge in [0, 0.05) is 25.7 Å². The number of carbonyl (C=O) groups is 1. The second kappa shape index (κ2) is 4.70. The molecule has 1 N–H and O–H groups in total. The van der Waals surface area contributed by atoms with Crippen LogP contribution in [-0.2, 0) is 10.0 Å². The number of benzene rings is 1. The van der Waals surface area contributed by atoms with Crippen LogP contribution in [0.15, 0.2) is 29.2 Å². The van der Waals surface area contributed by atoms with Gasteiger partial charge in [-0.25, -0.2) is 13.1 Å². The Labute approximate surface area is 107 Å². The highest BCUT2D eigenvalue weighted by atomic mass is 32.2. The van der Waals surface area contributed by atoms with E-state index in [1.165, 1.54) is 29.2 Å². The molecule has 6 heteroatoms. The Kier molecular flexibility index (Phi) is 3.41. The van der Waals surface area contributed by atoms with E-state index in [1.807, 2.05) is 0 Å². The third-order valence-electron chi connectivity index (χ3n) is 2.72. The van der Waals surface area contributed by atoms with Crippen LogP contribution in [0, 0.1) is 0 Å². The summed E-state index contributed by atoms with van der Waals surface area (Å²) in [5, 5.41) is 0. The molecule has 0 spiro atoms. The first-order chi connectivity index (χ1) is 8.40. The second-order valence-electron chi connectivity index (χ2n) is 4.62. The number of nitrogens with one attached hydrogen (secondary N) is 1. The predicted octanol–water partition coefficient (Wildman–Crippen LogP) is 0.829. The van der Waals surface area contributed by atoms with Gasteiger partial charge in [-0.05, 0) is 37.1 Å². The lowest BCUT2D eigenvalue weighted by Crippen LogP contribution is -2.26. The highest BCUT2D eigenvalue weighted by Crippen LogP contribution is 2.22. The summed E-state index contributed by atoms with van der Waals surface area (Å²) < 4.78 is 26.4. The van der Waals surface area contributed by atoms with Gasteiger partial charge in [-0.2, -0.15) is 0 Å². The fourth-order valence-electron chi connectivity index (χ4n) is 1.52. The van der Waals surface area contributed by atoms with Gasteiger partial charge in [0.25, 0.3) is 5.91 Å². The van der Waals surface area contributed by atoms with E-state index in [-0.39, 0.29) is 16.8 Å². The molecule has 5 nitrogen and oxygen atoms in total. The largest absolute Gasteiger partial charge is 0.345 e. The third-order valence-corrected chi connectivity index (χ3v) is 4.25. The minimum absolute atomic E-state index is 0.0816. The summed E-state index contributed by atoms with van der Waals surface area (Å²) in [4.78, 5) is 13.3. The summed E-state index contributed by atoms with van der Waals surface area (Å²) in [5.74, 6) is -0.144. The van der Waals surface area contributed by atoms with Crippen LogP contribution in [0.5, 0.6) is 0 Å². The first-order valence-corrected chi connectivity index (χ1v) is 7.22. The van der Waals surface area contributed by atoms with Gasteiger partial charge in [0.15, 0.2) is 0 Å². The number of amides is 1. The Hall–Kier alpha value is -1.40. The second-order valence-corrected chi connectivity index (χ2v) is 6.33. The molecule has 0 aromatic heterocycles. The number of rotatable bonds is 4. The minimum atomic E-state index is -3.43. The van der Waals surface area contributed by atoms with E-state index >= 15 is 0 Å². The molecule has 18 heavy (non-hydrogen) atoms. The summed E-state index contributed by atoms with van der Waals surface area (Å²) in [6.07, 6.45) is 1.80. The number of hydrogen-bond donors (Lipinski definition) is 1. The number of sulfonamides is 1. The van der Waals surface area contributed by atoms with Crippen molar-refractivity contribution < 1.29 is 13.2 Å². The maximum absolute atomic E-state index is 11.9. The van der Waals surface area contributed by atoms with E-state index in [4.69, 9.17) is 0 Å². The molecule has 1 fully saturated rings. The lowest BCUT2D eigenvalue weighted by molar-refractivity contribution is 0.0827. The first kappa shape index (κ1) is 13.0. The average Bonchev–Trinajstić information content (AvgIpc) is 3.11. The van der Waals surface area contributed by atoms with Crippen molar-refractivity contribution in [2.45, 2.75) is 23.8 Å². The quantitative estimate of drug-likeness (QED) is 0.879. The van der Waals surface area contributed by atoms with Gasteiger partial charge in [-0.3, -0.25) is 4.79 Å². The maximum Gasteiger partial charge on any atom is 0.253 e. The number of nitrogens with zero attached hydrogens (tertiary/aromatic N) is 1. The van der Waals surface area contributed by atoms with Gasteiger partial charge in [-0.1, -0.05) is 0 Å². The van der Waals surface area contributed by atoms with Crippen LogP contribution in [-0.4, -0.2) is 39.4 Å². The molecule has 0 atom stereocenters. The van der Waals surface area contributed by atoms with Crippen molar-refractivity contribution in [3.8, 4) is 0 Å². The van der Waals surface area contributed by atoms with Crippen molar-refractivity contribution in [1.29, 1.82) is 0 Å². The van der Waals surface area contributed by atoms with Crippen LogP contribution in [0.1, 0.15) is 23.2 Å². The first-order valence-electron chi connectivity index (χ1n) is 5.74. The molecule has 0 saturated heterocycles. The lowest BCUT2D eigenvalue weighted by Gasteiger charge is -2.11. The summed E-state index contributed by atoms with van der Waals surface area (Å²) in [7, 11) is -0.126. The molecule has 0 unspecified atom stereocenters. The Morgan fingerprint density at radius 1 is 1.22 bits per heavy atom. The summed E-state index contributed by atoms with van der Waals surface area (Å²) in [6.45, 7) is 0. The monoisotopic (exact) mass is 268 g/mol. The van der Waals surface area contributed by atoms with Gasteiger partial charge in [-0.15, -0.1) is 0 Å². The molecule has 0 aliphatic heterocycles. The molecule has 1 saturated carbocycles. The normalized spacial score (nSPS) is 15.4. The highest BCUT2D eigenvalue weighted by Gasteiger charge is 2.27. The lowest BCUT2D eigenvalue weighted by atomic mass is 10.2. The van der Waals surface area contributed by atoms with E-state index < -0.39 is 10.0 Å². The van der Waals surface area contributed by atoms with Gasteiger partial charge in [0.05, 0.1) is 4.90 Å².